The average Bonchev–Trinajstić information content (AvgIpc) is 3.15. The van der Waals surface area contributed by atoms with Crippen molar-refractivity contribution >= 4 is 23.2 Å². The Kier molecular flexibility index (Phi) is 4.76. The standard InChI is InChI=1S/C17H18ClN5O2/c1-11-16(12(2)22(3)20-11)19-17(24)14-8-9-23(21-14)10-25-15-7-5-4-6-13(15)18/h4-9H,10H2,1-3H3,(H,19,24). The molecule has 1 N–H and O–H groups in total. The number of aryl methyl sites for hydroxylation is 2. The molecule has 0 radical (unpaired) electrons. The SMILES string of the molecule is Cc1nn(C)c(C)c1NC(=O)c1ccn(COc2ccccc2Cl)n1. The molecule has 3 aromatic rings. The van der Waals surface area contributed by atoms with Crippen LogP contribution < -0.4 is 10.1 Å². The molecule has 0 aliphatic carbocycles. The van der Waals surface area contributed by atoms with Crippen LogP contribution in [0.15, 0.2) is 36.5 Å². The van der Waals surface area contributed by atoms with E-state index < -0.39 is 0 Å². The highest BCUT2D eigenvalue weighted by Crippen LogP contribution is 2.23. The Balaban J connectivity index is 1.66. The van der Waals surface area contributed by atoms with Crippen molar-refractivity contribution in [3.05, 3.63) is 58.6 Å². The molecule has 0 saturated carbocycles. The summed E-state index contributed by atoms with van der Waals surface area (Å²) < 4.78 is 8.85. The fourth-order valence-corrected chi connectivity index (χ4v) is 2.57. The molecule has 0 aliphatic heterocycles. The van der Waals surface area contributed by atoms with E-state index in [1.54, 1.807) is 29.1 Å². The third-order valence-electron chi connectivity index (χ3n) is 3.81. The number of benzene rings is 1. The number of para-hydroxylation sites is 1. The molecule has 0 aliphatic rings. The van der Waals surface area contributed by atoms with E-state index in [0.717, 1.165) is 11.4 Å². The highest BCUT2D eigenvalue weighted by Gasteiger charge is 2.15. The van der Waals surface area contributed by atoms with Crippen molar-refractivity contribution in [3.8, 4) is 5.75 Å². The van der Waals surface area contributed by atoms with Gasteiger partial charge in [-0.15, -0.1) is 0 Å². The van der Waals surface area contributed by atoms with Gasteiger partial charge in [0.1, 0.15) is 5.75 Å². The predicted octanol–water partition coefficient (Wildman–Crippen LogP) is 3.18. The lowest BCUT2D eigenvalue weighted by molar-refractivity contribution is 0.102. The molecule has 1 aromatic carbocycles. The van der Waals surface area contributed by atoms with E-state index in [1.807, 2.05) is 33.0 Å². The topological polar surface area (TPSA) is 74.0 Å². The number of amides is 1. The first-order chi connectivity index (χ1) is 12.0. The molecule has 7 nitrogen and oxygen atoms in total. The summed E-state index contributed by atoms with van der Waals surface area (Å²) in [5.41, 5.74) is 2.64. The van der Waals surface area contributed by atoms with Gasteiger partial charge < -0.3 is 10.1 Å². The van der Waals surface area contributed by atoms with Gasteiger partial charge in [0.25, 0.3) is 5.91 Å². The summed E-state index contributed by atoms with van der Waals surface area (Å²) in [5.74, 6) is 0.267. The molecular formula is C17H18ClN5O2. The molecule has 0 bridgehead atoms. The van der Waals surface area contributed by atoms with Crippen molar-refractivity contribution < 1.29 is 9.53 Å². The average molecular weight is 360 g/mol. The van der Waals surface area contributed by atoms with Crippen LogP contribution in [0.2, 0.25) is 5.02 Å². The van der Waals surface area contributed by atoms with E-state index in [9.17, 15) is 4.79 Å². The molecule has 130 valence electrons. The normalized spacial score (nSPS) is 10.7. The predicted molar refractivity (Wildman–Crippen MR) is 94.9 cm³/mol. The molecular weight excluding hydrogens is 342 g/mol. The second kappa shape index (κ2) is 6.98. The molecule has 0 saturated heterocycles. The largest absolute Gasteiger partial charge is 0.470 e. The van der Waals surface area contributed by atoms with Gasteiger partial charge in [-0.05, 0) is 32.0 Å². The first kappa shape index (κ1) is 17.0. The van der Waals surface area contributed by atoms with Crippen molar-refractivity contribution in [2.75, 3.05) is 5.32 Å². The molecule has 0 unspecified atom stereocenters. The van der Waals surface area contributed by atoms with Crippen LogP contribution in [-0.4, -0.2) is 25.5 Å². The first-order valence-electron chi connectivity index (χ1n) is 7.68. The number of hydrogen-bond acceptors (Lipinski definition) is 4. The van der Waals surface area contributed by atoms with Gasteiger partial charge in [-0.25, -0.2) is 4.68 Å². The molecule has 3 rings (SSSR count). The second-order valence-corrected chi connectivity index (χ2v) is 5.98. The van der Waals surface area contributed by atoms with E-state index in [-0.39, 0.29) is 12.6 Å². The maximum Gasteiger partial charge on any atom is 0.276 e. The van der Waals surface area contributed by atoms with Crippen LogP contribution in [0.25, 0.3) is 0 Å². The van der Waals surface area contributed by atoms with Crippen LogP contribution in [-0.2, 0) is 13.8 Å². The summed E-state index contributed by atoms with van der Waals surface area (Å²) in [6.07, 6.45) is 1.68. The monoisotopic (exact) mass is 359 g/mol. The number of anilines is 1. The second-order valence-electron chi connectivity index (χ2n) is 5.57. The lowest BCUT2D eigenvalue weighted by Gasteiger charge is -2.07. The minimum absolute atomic E-state index is 0.155. The van der Waals surface area contributed by atoms with Gasteiger partial charge in [0.05, 0.1) is 22.1 Å². The Bertz CT molecular complexity index is 916. The third kappa shape index (κ3) is 3.66. The summed E-state index contributed by atoms with van der Waals surface area (Å²) in [4.78, 5) is 12.4. The minimum atomic E-state index is -0.296. The molecule has 0 atom stereocenters. The molecule has 1 amide bonds. The Labute approximate surface area is 150 Å². The van der Waals surface area contributed by atoms with Crippen LogP contribution in [0.3, 0.4) is 0 Å². The van der Waals surface area contributed by atoms with Gasteiger partial charge in [-0.2, -0.15) is 10.2 Å². The zero-order valence-electron chi connectivity index (χ0n) is 14.2. The zero-order valence-corrected chi connectivity index (χ0v) is 14.9. The van der Waals surface area contributed by atoms with E-state index in [2.05, 4.69) is 15.5 Å². The molecule has 8 heteroatoms. The third-order valence-corrected chi connectivity index (χ3v) is 4.12. The van der Waals surface area contributed by atoms with E-state index >= 15 is 0 Å². The van der Waals surface area contributed by atoms with Crippen molar-refractivity contribution in [1.82, 2.24) is 19.6 Å². The van der Waals surface area contributed by atoms with Gasteiger partial charge in [-0.3, -0.25) is 9.48 Å². The summed E-state index contributed by atoms with van der Waals surface area (Å²) in [6, 6.07) is 8.81. The van der Waals surface area contributed by atoms with Crippen LogP contribution in [0.4, 0.5) is 5.69 Å². The fraction of sp³-hybridized carbons (Fsp3) is 0.235. The number of hydrogen-bond donors (Lipinski definition) is 1. The van der Waals surface area contributed by atoms with Gasteiger partial charge in [0.2, 0.25) is 0 Å². The number of halogens is 1. The Morgan fingerprint density at radius 1 is 1.24 bits per heavy atom. The molecule has 2 heterocycles. The van der Waals surface area contributed by atoms with Crippen LogP contribution in [0, 0.1) is 13.8 Å². The fourth-order valence-electron chi connectivity index (χ4n) is 2.38. The minimum Gasteiger partial charge on any atom is -0.470 e. The van der Waals surface area contributed by atoms with Gasteiger partial charge in [0.15, 0.2) is 12.4 Å². The first-order valence-corrected chi connectivity index (χ1v) is 8.06. The number of carbonyl (C=O) groups excluding carboxylic acids is 1. The number of rotatable bonds is 5. The number of aromatic nitrogens is 4. The van der Waals surface area contributed by atoms with E-state index in [1.165, 1.54) is 4.68 Å². The molecule has 0 fully saturated rings. The highest BCUT2D eigenvalue weighted by molar-refractivity contribution is 6.32. The number of carbonyl (C=O) groups is 1. The van der Waals surface area contributed by atoms with Crippen molar-refractivity contribution in [2.24, 2.45) is 7.05 Å². The summed E-state index contributed by atoms with van der Waals surface area (Å²) in [6.45, 7) is 3.90. The van der Waals surface area contributed by atoms with Crippen molar-refractivity contribution in [3.63, 3.8) is 0 Å². The molecule has 0 spiro atoms. The zero-order chi connectivity index (χ0) is 18.0. The number of ether oxygens (including phenoxy) is 1. The quantitative estimate of drug-likeness (QED) is 0.759. The van der Waals surface area contributed by atoms with Crippen molar-refractivity contribution in [2.45, 2.75) is 20.6 Å². The van der Waals surface area contributed by atoms with Gasteiger partial charge in [0, 0.05) is 13.2 Å². The lowest BCUT2D eigenvalue weighted by atomic mass is 10.3. The summed E-state index contributed by atoms with van der Waals surface area (Å²) in [7, 11) is 1.83. The van der Waals surface area contributed by atoms with Crippen molar-refractivity contribution in [1.29, 1.82) is 0 Å². The maximum atomic E-state index is 12.4. The maximum absolute atomic E-state index is 12.4. The van der Waals surface area contributed by atoms with E-state index in [4.69, 9.17) is 16.3 Å². The summed E-state index contributed by atoms with van der Waals surface area (Å²) in [5, 5.41) is 11.9. The molecule has 25 heavy (non-hydrogen) atoms. The van der Waals surface area contributed by atoms with Crippen LogP contribution >= 0.6 is 11.6 Å². The van der Waals surface area contributed by atoms with Gasteiger partial charge >= 0.3 is 0 Å². The smallest absolute Gasteiger partial charge is 0.276 e. The lowest BCUT2D eigenvalue weighted by Crippen LogP contribution is -2.15. The Morgan fingerprint density at radius 3 is 2.68 bits per heavy atom. The molecule has 2 aromatic heterocycles. The van der Waals surface area contributed by atoms with Gasteiger partial charge in [-0.1, -0.05) is 23.7 Å². The van der Waals surface area contributed by atoms with Crippen LogP contribution in [0.5, 0.6) is 5.75 Å². The Hall–Kier alpha value is -2.80. The number of nitrogens with one attached hydrogen (secondary N) is 1. The number of nitrogens with zero attached hydrogens (tertiary/aromatic N) is 4. The highest BCUT2D eigenvalue weighted by atomic mass is 35.5. The van der Waals surface area contributed by atoms with Crippen LogP contribution in [0.1, 0.15) is 21.9 Å². The van der Waals surface area contributed by atoms with E-state index in [0.29, 0.717) is 22.2 Å². The Morgan fingerprint density at radius 2 is 2.00 bits per heavy atom. The summed E-state index contributed by atoms with van der Waals surface area (Å²) >= 11 is 6.04.